The lowest BCUT2D eigenvalue weighted by Gasteiger charge is -2.36. The van der Waals surface area contributed by atoms with Crippen LogP contribution in [0.4, 0.5) is 5.00 Å². The van der Waals surface area contributed by atoms with Gasteiger partial charge in [-0.3, -0.25) is 0 Å². The van der Waals surface area contributed by atoms with Crippen LogP contribution in [0, 0.1) is 5.92 Å². The summed E-state index contributed by atoms with van der Waals surface area (Å²) in [5.74, 6) is 1.91. The van der Waals surface area contributed by atoms with Gasteiger partial charge >= 0.3 is 0 Å². The predicted molar refractivity (Wildman–Crippen MR) is 94.3 cm³/mol. The molecule has 0 amide bonds. The Balaban J connectivity index is 1.88. The summed E-state index contributed by atoms with van der Waals surface area (Å²) in [7, 11) is 0. The van der Waals surface area contributed by atoms with E-state index in [-0.39, 0.29) is 0 Å². The van der Waals surface area contributed by atoms with Crippen LogP contribution in [-0.4, -0.2) is 27.9 Å². The smallest absolute Gasteiger partial charge is 0.165 e. The van der Waals surface area contributed by atoms with Gasteiger partial charge < -0.3 is 4.90 Å². The van der Waals surface area contributed by atoms with E-state index >= 15 is 0 Å². The molecule has 1 saturated heterocycles. The van der Waals surface area contributed by atoms with E-state index in [4.69, 9.17) is 4.99 Å². The van der Waals surface area contributed by atoms with Gasteiger partial charge in [0.1, 0.15) is 5.00 Å². The zero-order valence-electron chi connectivity index (χ0n) is 12.1. The fraction of sp³-hybridized carbons (Fsp3) is 0.667. The normalized spacial score (nSPS) is 23.6. The van der Waals surface area contributed by atoms with Gasteiger partial charge in [0.15, 0.2) is 5.17 Å². The second-order valence-electron chi connectivity index (χ2n) is 6.20. The van der Waals surface area contributed by atoms with Crippen molar-refractivity contribution < 1.29 is 0 Å². The molecule has 0 unspecified atom stereocenters. The minimum atomic E-state index is 0.405. The number of halogens is 1. The molecule has 110 valence electrons. The molecule has 2 fully saturated rings. The van der Waals surface area contributed by atoms with E-state index in [1.165, 1.54) is 36.6 Å². The Hall–Kier alpha value is -0.000000000000000111. The van der Waals surface area contributed by atoms with Crippen molar-refractivity contribution in [1.82, 2.24) is 4.90 Å². The van der Waals surface area contributed by atoms with Crippen LogP contribution in [0.15, 0.2) is 20.9 Å². The summed E-state index contributed by atoms with van der Waals surface area (Å²) in [5, 5.41) is 2.36. The summed E-state index contributed by atoms with van der Waals surface area (Å²) >= 11 is 7.20. The van der Waals surface area contributed by atoms with E-state index in [1.807, 2.05) is 11.8 Å². The highest BCUT2D eigenvalue weighted by Gasteiger charge is 2.46. The highest BCUT2D eigenvalue weighted by molar-refractivity contribution is 9.11. The molecule has 1 aromatic rings. The number of aliphatic imine (C=N–C) groups is 1. The molecule has 1 aromatic heterocycles. The molecule has 0 bridgehead atoms. The van der Waals surface area contributed by atoms with Gasteiger partial charge in [-0.15, -0.1) is 11.3 Å². The number of hydrogen-bond acceptors (Lipinski definition) is 3. The molecule has 2 aliphatic rings. The summed E-state index contributed by atoms with van der Waals surface area (Å²) in [6.45, 7) is 5.76. The lowest BCUT2D eigenvalue weighted by molar-refractivity contribution is 0.198. The Morgan fingerprint density at radius 1 is 1.35 bits per heavy atom. The van der Waals surface area contributed by atoms with Gasteiger partial charge in [0.25, 0.3) is 0 Å². The third-order valence-corrected chi connectivity index (χ3v) is 6.89. The zero-order valence-corrected chi connectivity index (χ0v) is 15.3. The third-order valence-electron chi connectivity index (χ3n) is 4.12. The zero-order chi connectivity index (χ0) is 14.2. The highest BCUT2D eigenvalue weighted by Crippen LogP contribution is 2.45. The van der Waals surface area contributed by atoms with E-state index in [1.54, 1.807) is 11.3 Å². The van der Waals surface area contributed by atoms with E-state index in [0.29, 0.717) is 11.5 Å². The Kier molecular flexibility index (Phi) is 4.48. The first kappa shape index (κ1) is 14.9. The summed E-state index contributed by atoms with van der Waals surface area (Å²) in [4.78, 5) is 7.55. The molecular weight excluding hydrogens is 352 g/mol. The van der Waals surface area contributed by atoms with E-state index in [2.05, 4.69) is 46.8 Å². The average Bonchev–Trinajstić information content (AvgIpc) is 3.08. The Morgan fingerprint density at radius 3 is 2.70 bits per heavy atom. The largest absolute Gasteiger partial charge is 0.344 e. The maximum atomic E-state index is 4.93. The molecule has 0 aromatic carbocycles. The van der Waals surface area contributed by atoms with Crippen LogP contribution in [0.25, 0.3) is 0 Å². The van der Waals surface area contributed by atoms with Crippen LogP contribution < -0.4 is 0 Å². The Morgan fingerprint density at radius 2 is 2.10 bits per heavy atom. The Bertz CT molecular complexity index is 504. The van der Waals surface area contributed by atoms with Crippen molar-refractivity contribution in [1.29, 1.82) is 0 Å². The van der Waals surface area contributed by atoms with Crippen LogP contribution in [0.1, 0.15) is 39.5 Å². The van der Waals surface area contributed by atoms with Gasteiger partial charge in [-0.05, 0) is 46.8 Å². The lowest BCUT2D eigenvalue weighted by Crippen LogP contribution is -2.46. The average molecular weight is 373 g/mol. The van der Waals surface area contributed by atoms with Gasteiger partial charge in [-0.25, -0.2) is 4.99 Å². The van der Waals surface area contributed by atoms with Crippen molar-refractivity contribution in [3.63, 3.8) is 0 Å². The van der Waals surface area contributed by atoms with Crippen molar-refractivity contribution in [3.05, 3.63) is 15.9 Å². The molecule has 2 heterocycles. The molecule has 1 spiro atoms. The molecule has 1 saturated carbocycles. The fourth-order valence-electron chi connectivity index (χ4n) is 3.19. The van der Waals surface area contributed by atoms with Gasteiger partial charge in [0.05, 0.1) is 9.33 Å². The van der Waals surface area contributed by atoms with Gasteiger partial charge in [0, 0.05) is 12.3 Å². The molecule has 0 radical (unpaired) electrons. The highest BCUT2D eigenvalue weighted by atomic mass is 79.9. The van der Waals surface area contributed by atoms with E-state index in [0.717, 1.165) is 15.3 Å². The molecule has 20 heavy (non-hydrogen) atoms. The maximum absolute atomic E-state index is 4.93. The molecule has 3 rings (SSSR count). The van der Waals surface area contributed by atoms with Crippen LogP contribution in [0.5, 0.6) is 0 Å². The molecular formula is C15H21BrN2S2. The summed E-state index contributed by atoms with van der Waals surface area (Å²) in [6, 6.07) is 4.19. The second kappa shape index (κ2) is 6.01. The van der Waals surface area contributed by atoms with Crippen molar-refractivity contribution in [2.24, 2.45) is 10.9 Å². The number of rotatable bonds is 3. The Labute approximate surface area is 138 Å². The van der Waals surface area contributed by atoms with Crippen LogP contribution in [0.2, 0.25) is 0 Å². The third kappa shape index (κ3) is 2.95. The number of thioether (sulfide) groups is 1. The first-order valence-electron chi connectivity index (χ1n) is 7.33. The monoisotopic (exact) mass is 372 g/mol. The first-order valence-corrected chi connectivity index (χ1v) is 9.93. The van der Waals surface area contributed by atoms with Gasteiger partial charge in [-0.2, -0.15) is 0 Å². The molecule has 5 heteroatoms. The number of hydrogen-bond donors (Lipinski definition) is 0. The minimum absolute atomic E-state index is 0.405. The molecule has 2 nitrogen and oxygen atoms in total. The van der Waals surface area contributed by atoms with E-state index < -0.39 is 0 Å². The fourth-order valence-corrected chi connectivity index (χ4v) is 5.91. The first-order chi connectivity index (χ1) is 9.59. The SMILES string of the molecule is CC(C)CN1C(=Nc2ccc(Br)s2)SCC12CCCC2. The molecule has 0 atom stereocenters. The number of amidine groups is 1. The molecule has 1 aliphatic carbocycles. The standard InChI is InChI=1S/C15H21BrN2S2/c1-11(2)9-18-14(17-13-6-5-12(16)20-13)19-10-15(18)7-3-4-8-15/h5-6,11H,3-4,7-10H2,1-2H3. The maximum Gasteiger partial charge on any atom is 0.165 e. The van der Waals surface area contributed by atoms with Gasteiger partial charge in [0.2, 0.25) is 0 Å². The summed E-state index contributed by atoms with van der Waals surface area (Å²) in [5.41, 5.74) is 0.405. The van der Waals surface area contributed by atoms with E-state index in [9.17, 15) is 0 Å². The quantitative estimate of drug-likeness (QED) is 0.694. The summed E-state index contributed by atoms with van der Waals surface area (Å²) < 4.78 is 1.16. The predicted octanol–water partition coefficient (Wildman–Crippen LogP) is 5.52. The van der Waals surface area contributed by atoms with Gasteiger partial charge in [-0.1, -0.05) is 38.5 Å². The van der Waals surface area contributed by atoms with Crippen molar-refractivity contribution in [3.8, 4) is 0 Å². The summed E-state index contributed by atoms with van der Waals surface area (Å²) in [6.07, 6.45) is 5.46. The lowest BCUT2D eigenvalue weighted by atomic mass is 9.97. The topological polar surface area (TPSA) is 15.6 Å². The van der Waals surface area contributed by atoms with Crippen molar-refractivity contribution >= 4 is 49.2 Å². The second-order valence-corrected chi connectivity index (χ2v) is 9.58. The molecule has 1 aliphatic heterocycles. The van der Waals surface area contributed by atoms with Crippen LogP contribution in [-0.2, 0) is 0 Å². The number of thiophene rings is 1. The number of nitrogens with zero attached hydrogens (tertiary/aromatic N) is 2. The van der Waals surface area contributed by atoms with Crippen LogP contribution >= 0.6 is 39.0 Å². The van der Waals surface area contributed by atoms with Crippen molar-refractivity contribution in [2.45, 2.75) is 45.1 Å². The minimum Gasteiger partial charge on any atom is -0.344 e. The van der Waals surface area contributed by atoms with Crippen LogP contribution in [0.3, 0.4) is 0 Å². The molecule has 0 N–H and O–H groups in total. The van der Waals surface area contributed by atoms with Crippen molar-refractivity contribution in [2.75, 3.05) is 12.3 Å².